The van der Waals surface area contributed by atoms with Crippen LogP contribution in [0.1, 0.15) is 54.2 Å². The minimum atomic E-state index is -5.82. The average Bonchev–Trinajstić information content (AvgIpc) is 2.68. The number of carbonyl (C=O) groups is 2. The number of benzene rings is 2. The van der Waals surface area contributed by atoms with E-state index < -0.39 is 45.7 Å². The van der Waals surface area contributed by atoms with Crippen molar-refractivity contribution >= 4 is 22.0 Å². The third-order valence-electron chi connectivity index (χ3n) is 4.97. The van der Waals surface area contributed by atoms with Gasteiger partial charge in [-0.25, -0.2) is 0 Å². The van der Waals surface area contributed by atoms with E-state index in [-0.39, 0.29) is 17.4 Å². The molecule has 186 valence electrons. The third-order valence-corrected chi connectivity index (χ3v) is 5.94. The fraction of sp³-hybridized carbons (Fsp3) is 0.391. The lowest BCUT2D eigenvalue weighted by Crippen LogP contribution is -2.38. The number of amides is 1. The van der Waals surface area contributed by atoms with Gasteiger partial charge in [0.25, 0.3) is 5.91 Å². The summed E-state index contributed by atoms with van der Waals surface area (Å²) < 4.78 is 64.3. The molecular weight excluding hydrogens is 475 g/mol. The van der Waals surface area contributed by atoms with Gasteiger partial charge in [-0.15, -0.1) is 0 Å². The molecule has 0 bridgehead atoms. The summed E-state index contributed by atoms with van der Waals surface area (Å²) >= 11 is 0. The van der Waals surface area contributed by atoms with Gasteiger partial charge in [0.05, 0.1) is 6.42 Å². The monoisotopic (exact) mass is 501 g/mol. The molecule has 1 atom stereocenters. The highest BCUT2D eigenvalue weighted by Gasteiger charge is 2.48. The van der Waals surface area contributed by atoms with Crippen molar-refractivity contribution < 1.29 is 40.5 Å². The van der Waals surface area contributed by atoms with Crippen LogP contribution in [0.3, 0.4) is 0 Å². The van der Waals surface area contributed by atoms with Crippen LogP contribution in [0, 0.1) is 6.92 Å². The van der Waals surface area contributed by atoms with Crippen LogP contribution in [-0.2, 0) is 26.7 Å². The van der Waals surface area contributed by atoms with Crippen molar-refractivity contribution in [2.24, 2.45) is 0 Å². The molecule has 1 amide bonds. The van der Waals surface area contributed by atoms with Crippen LogP contribution in [0.2, 0.25) is 0 Å². The Kier molecular flexibility index (Phi) is 8.02. The highest BCUT2D eigenvalue weighted by Crippen LogP contribution is 2.29. The topological polar surface area (TPSA) is 110 Å². The summed E-state index contributed by atoms with van der Waals surface area (Å²) in [6, 6.07) is 9.84. The average molecular weight is 502 g/mol. The number of rotatable bonds is 8. The summed E-state index contributed by atoms with van der Waals surface area (Å²) in [6.07, 6.45) is -0.350. The molecule has 0 heterocycles. The molecule has 2 N–H and O–H groups in total. The second kappa shape index (κ2) is 10.0. The molecule has 0 aliphatic heterocycles. The van der Waals surface area contributed by atoms with Gasteiger partial charge >= 0.3 is 21.6 Å². The zero-order valence-corrected chi connectivity index (χ0v) is 19.9. The van der Waals surface area contributed by atoms with Crippen molar-refractivity contribution in [3.8, 4) is 5.75 Å². The smallest absolute Gasteiger partial charge is 0.481 e. The number of aliphatic carboxylic acids is 1. The third kappa shape index (κ3) is 7.21. The zero-order chi connectivity index (χ0) is 25.9. The van der Waals surface area contributed by atoms with Crippen LogP contribution in [0.5, 0.6) is 5.75 Å². The number of carboxylic acid groups (broad SMARTS) is 1. The SMILES string of the molecule is Cc1cc(CC(CC(=O)O)NC(=O)c2ccc(C(C)(C)C)cc2)ccc1OS(=O)(=O)C(F)(F)F. The number of aryl methyl sites for hydroxylation is 1. The molecule has 34 heavy (non-hydrogen) atoms. The first-order valence-electron chi connectivity index (χ1n) is 10.2. The van der Waals surface area contributed by atoms with E-state index in [0.717, 1.165) is 11.6 Å². The molecule has 0 saturated heterocycles. The Bertz CT molecular complexity index is 1150. The second-order valence-electron chi connectivity index (χ2n) is 8.88. The number of alkyl halides is 3. The van der Waals surface area contributed by atoms with Crippen LogP contribution in [-0.4, -0.2) is 37.0 Å². The van der Waals surface area contributed by atoms with Gasteiger partial charge in [0.2, 0.25) is 0 Å². The minimum Gasteiger partial charge on any atom is -0.481 e. The van der Waals surface area contributed by atoms with E-state index in [9.17, 15) is 36.3 Å². The predicted octanol–water partition coefficient (Wildman–Crippen LogP) is 4.34. The van der Waals surface area contributed by atoms with Crippen LogP contribution >= 0.6 is 0 Å². The van der Waals surface area contributed by atoms with Gasteiger partial charge in [-0.05, 0) is 53.6 Å². The minimum absolute atomic E-state index is 0.0469. The fourth-order valence-corrected chi connectivity index (χ4v) is 3.68. The van der Waals surface area contributed by atoms with E-state index in [4.69, 9.17) is 0 Å². The van der Waals surface area contributed by atoms with E-state index in [1.807, 2.05) is 32.9 Å². The Morgan fingerprint density at radius 2 is 1.65 bits per heavy atom. The summed E-state index contributed by atoms with van der Waals surface area (Å²) in [4.78, 5) is 24.0. The Balaban J connectivity index is 2.18. The lowest BCUT2D eigenvalue weighted by Gasteiger charge is -2.20. The summed E-state index contributed by atoms with van der Waals surface area (Å²) in [5.74, 6) is -2.13. The Labute approximate surface area is 196 Å². The van der Waals surface area contributed by atoms with Gasteiger partial charge in [-0.3, -0.25) is 9.59 Å². The maximum Gasteiger partial charge on any atom is 0.534 e. The molecule has 2 rings (SSSR count). The second-order valence-corrected chi connectivity index (χ2v) is 10.4. The first-order valence-corrected chi connectivity index (χ1v) is 11.6. The quantitative estimate of drug-likeness (QED) is 0.412. The van der Waals surface area contributed by atoms with E-state index in [1.165, 1.54) is 19.1 Å². The Morgan fingerprint density at radius 1 is 1.06 bits per heavy atom. The first kappa shape index (κ1) is 27.2. The standard InChI is InChI=1S/C23H26F3NO6S/c1-14-11-15(5-10-19(14)33-34(31,32)23(24,25)26)12-18(13-20(28)29)27-21(30)16-6-8-17(9-7-16)22(2,3)4/h5-11,18H,12-13H2,1-4H3,(H,27,30)(H,28,29). The number of carboxylic acids is 1. The molecule has 0 aliphatic carbocycles. The molecule has 0 fully saturated rings. The zero-order valence-electron chi connectivity index (χ0n) is 19.1. The first-order chi connectivity index (χ1) is 15.5. The van der Waals surface area contributed by atoms with Crippen molar-refractivity contribution in [3.63, 3.8) is 0 Å². The highest BCUT2D eigenvalue weighted by atomic mass is 32.2. The lowest BCUT2D eigenvalue weighted by atomic mass is 9.86. The van der Waals surface area contributed by atoms with Gasteiger partial charge in [0.15, 0.2) is 0 Å². The largest absolute Gasteiger partial charge is 0.534 e. The van der Waals surface area contributed by atoms with E-state index in [0.29, 0.717) is 11.1 Å². The molecule has 0 spiro atoms. The van der Waals surface area contributed by atoms with Crippen molar-refractivity contribution in [2.45, 2.75) is 57.5 Å². The fourth-order valence-electron chi connectivity index (χ4n) is 3.16. The summed E-state index contributed by atoms with van der Waals surface area (Å²) in [6.45, 7) is 7.44. The summed E-state index contributed by atoms with van der Waals surface area (Å²) in [5, 5.41) is 11.9. The van der Waals surface area contributed by atoms with Crippen molar-refractivity contribution in [1.29, 1.82) is 0 Å². The van der Waals surface area contributed by atoms with E-state index >= 15 is 0 Å². The van der Waals surface area contributed by atoms with Crippen LogP contribution in [0.4, 0.5) is 13.2 Å². The maximum atomic E-state index is 12.7. The summed E-state index contributed by atoms with van der Waals surface area (Å²) in [7, 11) is -5.82. The summed E-state index contributed by atoms with van der Waals surface area (Å²) in [5.41, 5.74) is -3.72. The number of carbonyl (C=O) groups excluding carboxylic acids is 1. The van der Waals surface area contributed by atoms with Gasteiger partial charge < -0.3 is 14.6 Å². The van der Waals surface area contributed by atoms with Gasteiger partial charge in [-0.1, -0.05) is 45.0 Å². The Morgan fingerprint density at radius 3 is 2.12 bits per heavy atom. The maximum absolute atomic E-state index is 12.7. The van der Waals surface area contributed by atoms with Crippen molar-refractivity contribution in [1.82, 2.24) is 5.32 Å². The molecule has 7 nitrogen and oxygen atoms in total. The molecule has 0 radical (unpaired) electrons. The number of hydrogen-bond donors (Lipinski definition) is 2. The normalized spacial score (nSPS) is 13.3. The van der Waals surface area contributed by atoms with Gasteiger partial charge in [0, 0.05) is 11.6 Å². The molecule has 0 saturated carbocycles. The Hall–Kier alpha value is -3.08. The number of nitrogens with one attached hydrogen (secondary N) is 1. The van der Waals surface area contributed by atoms with E-state index in [1.54, 1.807) is 12.1 Å². The molecule has 1 unspecified atom stereocenters. The van der Waals surface area contributed by atoms with Crippen LogP contribution in [0.25, 0.3) is 0 Å². The lowest BCUT2D eigenvalue weighted by molar-refractivity contribution is -0.137. The highest BCUT2D eigenvalue weighted by molar-refractivity contribution is 7.88. The molecule has 2 aromatic rings. The number of halogens is 3. The predicted molar refractivity (Wildman–Crippen MR) is 119 cm³/mol. The number of hydrogen-bond acceptors (Lipinski definition) is 5. The van der Waals surface area contributed by atoms with Crippen molar-refractivity contribution in [2.75, 3.05) is 0 Å². The van der Waals surface area contributed by atoms with E-state index in [2.05, 4.69) is 9.50 Å². The van der Waals surface area contributed by atoms with Crippen LogP contribution in [0.15, 0.2) is 42.5 Å². The molecule has 0 aliphatic rings. The van der Waals surface area contributed by atoms with Crippen molar-refractivity contribution in [3.05, 3.63) is 64.7 Å². The molecule has 0 aromatic heterocycles. The molecule has 11 heteroatoms. The van der Waals surface area contributed by atoms with Crippen LogP contribution < -0.4 is 9.50 Å². The van der Waals surface area contributed by atoms with Gasteiger partial charge in [0.1, 0.15) is 5.75 Å². The molecular formula is C23H26F3NO6S. The molecule has 2 aromatic carbocycles. The van der Waals surface area contributed by atoms with Gasteiger partial charge in [-0.2, -0.15) is 21.6 Å².